The van der Waals surface area contributed by atoms with E-state index in [1.165, 1.54) is 5.69 Å². The Balaban J connectivity index is 1.31. The van der Waals surface area contributed by atoms with E-state index in [0.29, 0.717) is 12.2 Å². The average Bonchev–Trinajstić information content (AvgIpc) is 2.76. The van der Waals surface area contributed by atoms with Gasteiger partial charge in [-0.25, -0.2) is 4.98 Å². The molecule has 1 aliphatic rings. The molecule has 0 saturated carbocycles. The van der Waals surface area contributed by atoms with Gasteiger partial charge in [-0.1, -0.05) is 48.5 Å². The number of nitrogens with one attached hydrogen (secondary N) is 1. The largest absolute Gasteiger partial charge is 0.368 e. The Kier molecular flexibility index (Phi) is 5.52. The molecule has 5 heteroatoms. The molecular weight excluding hydrogens is 348 g/mol. The van der Waals surface area contributed by atoms with Crippen molar-refractivity contribution in [1.82, 2.24) is 4.98 Å². The number of nitrogens with zero attached hydrogens (tertiary/aromatic N) is 3. The SMILES string of the molecule is O=C(Cc1ccccc1)Nc1ccc(N2CCN(c3ccccc3)CC2)cn1. The molecular formula is C23H24N4O. The van der Waals surface area contributed by atoms with Gasteiger partial charge in [0, 0.05) is 31.9 Å². The normalized spacial score (nSPS) is 14.0. The Morgan fingerprint density at radius 3 is 2.00 bits per heavy atom. The van der Waals surface area contributed by atoms with E-state index < -0.39 is 0 Å². The molecule has 0 aliphatic carbocycles. The van der Waals surface area contributed by atoms with Gasteiger partial charge in [0.25, 0.3) is 0 Å². The maximum atomic E-state index is 12.2. The Bertz CT molecular complexity index is 889. The molecule has 0 spiro atoms. The van der Waals surface area contributed by atoms with Crippen LogP contribution in [0.5, 0.6) is 0 Å². The highest BCUT2D eigenvalue weighted by molar-refractivity contribution is 5.91. The lowest BCUT2D eigenvalue weighted by Crippen LogP contribution is -2.46. The number of aromatic nitrogens is 1. The number of piperazine rings is 1. The number of rotatable bonds is 5. The van der Waals surface area contributed by atoms with Crippen LogP contribution in [-0.2, 0) is 11.2 Å². The molecule has 2 aromatic carbocycles. The van der Waals surface area contributed by atoms with Gasteiger partial charge >= 0.3 is 0 Å². The highest BCUT2D eigenvalue weighted by Crippen LogP contribution is 2.20. The fourth-order valence-electron chi connectivity index (χ4n) is 3.48. The fourth-order valence-corrected chi connectivity index (χ4v) is 3.48. The molecule has 1 fully saturated rings. The van der Waals surface area contributed by atoms with Crippen molar-refractivity contribution >= 4 is 23.1 Å². The molecule has 1 saturated heterocycles. The number of benzene rings is 2. The zero-order chi connectivity index (χ0) is 19.2. The van der Waals surface area contributed by atoms with Crippen molar-refractivity contribution in [3.05, 3.63) is 84.6 Å². The first kappa shape index (κ1) is 18.0. The van der Waals surface area contributed by atoms with Crippen LogP contribution in [0.4, 0.5) is 17.2 Å². The smallest absolute Gasteiger partial charge is 0.229 e. The zero-order valence-electron chi connectivity index (χ0n) is 15.8. The molecule has 0 atom stereocenters. The van der Waals surface area contributed by atoms with Gasteiger partial charge in [-0.15, -0.1) is 0 Å². The van der Waals surface area contributed by atoms with Gasteiger partial charge in [-0.3, -0.25) is 4.79 Å². The summed E-state index contributed by atoms with van der Waals surface area (Å²) >= 11 is 0. The Morgan fingerprint density at radius 1 is 0.786 bits per heavy atom. The highest BCUT2D eigenvalue weighted by Gasteiger charge is 2.17. The summed E-state index contributed by atoms with van der Waals surface area (Å²) in [6.07, 6.45) is 2.20. The second kappa shape index (κ2) is 8.57. The van der Waals surface area contributed by atoms with Crippen molar-refractivity contribution in [3.63, 3.8) is 0 Å². The van der Waals surface area contributed by atoms with Gasteiger partial charge in [0.15, 0.2) is 0 Å². The van der Waals surface area contributed by atoms with E-state index in [1.54, 1.807) is 0 Å². The number of hydrogen-bond donors (Lipinski definition) is 1. The lowest BCUT2D eigenvalue weighted by Gasteiger charge is -2.37. The lowest BCUT2D eigenvalue weighted by molar-refractivity contribution is -0.115. The minimum atomic E-state index is -0.0528. The van der Waals surface area contributed by atoms with Crippen molar-refractivity contribution in [2.75, 3.05) is 41.3 Å². The maximum absolute atomic E-state index is 12.2. The quantitative estimate of drug-likeness (QED) is 0.744. The van der Waals surface area contributed by atoms with E-state index in [-0.39, 0.29) is 5.91 Å². The molecule has 142 valence electrons. The first-order chi connectivity index (χ1) is 13.8. The minimum Gasteiger partial charge on any atom is -0.368 e. The van der Waals surface area contributed by atoms with Crippen LogP contribution in [0, 0.1) is 0 Å². The zero-order valence-corrected chi connectivity index (χ0v) is 15.8. The number of pyridine rings is 1. The van der Waals surface area contributed by atoms with Crippen molar-refractivity contribution in [3.8, 4) is 0 Å². The van der Waals surface area contributed by atoms with Crippen LogP contribution in [0.2, 0.25) is 0 Å². The van der Waals surface area contributed by atoms with Gasteiger partial charge in [0.2, 0.25) is 5.91 Å². The Labute approximate surface area is 165 Å². The predicted molar refractivity (Wildman–Crippen MR) is 114 cm³/mol. The van der Waals surface area contributed by atoms with E-state index in [1.807, 2.05) is 54.7 Å². The topological polar surface area (TPSA) is 48.5 Å². The molecule has 28 heavy (non-hydrogen) atoms. The molecule has 3 aromatic rings. The summed E-state index contributed by atoms with van der Waals surface area (Å²) in [6, 6.07) is 24.1. The Morgan fingerprint density at radius 2 is 1.39 bits per heavy atom. The summed E-state index contributed by atoms with van der Waals surface area (Å²) in [5.74, 6) is 0.538. The average molecular weight is 372 g/mol. The van der Waals surface area contributed by atoms with E-state index >= 15 is 0 Å². The number of hydrogen-bond acceptors (Lipinski definition) is 4. The molecule has 0 bridgehead atoms. The summed E-state index contributed by atoms with van der Waals surface area (Å²) < 4.78 is 0. The second-order valence-electron chi connectivity index (χ2n) is 6.92. The fraction of sp³-hybridized carbons (Fsp3) is 0.217. The monoisotopic (exact) mass is 372 g/mol. The van der Waals surface area contributed by atoms with Gasteiger partial charge in [-0.2, -0.15) is 0 Å². The van der Waals surface area contributed by atoms with Gasteiger partial charge in [0.05, 0.1) is 18.3 Å². The van der Waals surface area contributed by atoms with Gasteiger partial charge < -0.3 is 15.1 Å². The maximum Gasteiger partial charge on any atom is 0.229 e. The third-order valence-electron chi connectivity index (χ3n) is 4.99. The molecule has 1 aliphatic heterocycles. The van der Waals surface area contributed by atoms with E-state index in [9.17, 15) is 4.79 Å². The van der Waals surface area contributed by atoms with E-state index in [2.05, 4.69) is 44.4 Å². The van der Waals surface area contributed by atoms with Gasteiger partial charge in [-0.05, 0) is 29.8 Å². The van der Waals surface area contributed by atoms with Crippen LogP contribution < -0.4 is 15.1 Å². The third kappa shape index (κ3) is 4.49. The molecule has 5 nitrogen and oxygen atoms in total. The molecule has 0 unspecified atom stereocenters. The van der Waals surface area contributed by atoms with Crippen LogP contribution in [0.1, 0.15) is 5.56 Å². The van der Waals surface area contributed by atoms with Crippen LogP contribution in [0.15, 0.2) is 79.0 Å². The summed E-state index contributed by atoms with van der Waals surface area (Å²) in [7, 11) is 0. The highest BCUT2D eigenvalue weighted by atomic mass is 16.1. The lowest BCUT2D eigenvalue weighted by atomic mass is 10.1. The number of amides is 1. The Hall–Kier alpha value is -3.34. The van der Waals surface area contributed by atoms with Crippen LogP contribution in [-0.4, -0.2) is 37.1 Å². The molecule has 1 amide bonds. The summed E-state index contributed by atoms with van der Waals surface area (Å²) in [5, 5.41) is 2.87. The predicted octanol–water partition coefficient (Wildman–Crippen LogP) is 3.59. The van der Waals surface area contributed by atoms with Crippen molar-refractivity contribution in [1.29, 1.82) is 0 Å². The molecule has 0 radical (unpaired) electrons. The first-order valence-corrected chi connectivity index (χ1v) is 9.63. The van der Waals surface area contributed by atoms with Crippen molar-refractivity contribution in [2.45, 2.75) is 6.42 Å². The van der Waals surface area contributed by atoms with Crippen molar-refractivity contribution < 1.29 is 4.79 Å². The third-order valence-corrected chi connectivity index (χ3v) is 4.99. The summed E-state index contributed by atoms with van der Waals surface area (Å²) in [6.45, 7) is 3.88. The minimum absolute atomic E-state index is 0.0528. The molecule has 1 aromatic heterocycles. The molecule has 2 heterocycles. The summed E-state index contributed by atoms with van der Waals surface area (Å²) in [5.41, 5.74) is 3.36. The van der Waals surface area contributed by atoms with Crippen LogP contribution in [0.25, 0.3) is 0 Å². The standard InChI is InChI=1S/C23H24N4O/c28-23(17-19-7-3-1-4-8-19)25-22-12-11-21(18-24-22)27-15-13-26(14-16-27)20-9-5-2-6-10-20/h1-12,18H,13-17H2,(H,24,25,28). The molecule has 4 rings (SSSR count). The number of anilines is 3. The molecule has 1 N–H and O–H groups in total. The van der Waals surface area contributed by atoms with E-state index in [0.717, 1.165) is 37.4 Å². The van der Waals surface area contributed by atoms with Crippen LogP contribution >= 0.6 is 0 Å². The number of carbonyl (C=O) groups is 1. The van der Waals surface area contributed by atoms with Crippen molar-refractivity contribution in [2.24, 2.45) is 0 Å². The number of carbonyl (C=O) groups excluding carboxylic acids is 1. The van der Waals surface area contributed by atoms with Gasteiger partial charge in [0.1, 0.15) is 5.82 Å². The number of para-hydroxylation sites is 1. The van der Waals surface area contributed by atoms with Crippen LogP contribution in [0.3, 0.4) is 0 Å². The van der Waals surface area contributed by atoms with E-state index in [4.69, 9.17) is 0 Å². The summed E-state index contributed by atoms with van der Waals surface area (Å²) in [4.78, 5) is 21.3. The first-order valence-electron chi connectivity index (χ1n) is 9.63. The second-order valence-corrected chi connectivity index (χ2v) is 6.92.